The Hall–Kier alpha value is -0.900. The molecule has 1 heterocycles. The number of hydrogen-bond acceptors (Lipinski definition) is 3. The van der Waals surface area contributed by atoms with Crippen molar-refractivity contribution in [2.45, 2.75) is 33.2 Å². The molecule has 74 valence electrons. The standard InChI is InChI=1S/C9H18N4/c1-3-4-13-9(7-11-12-13)5-8(2)6-10/h7-8H,3-6,10H2,1-2H3. The number of hydrogen-bond donors (Lipinski definition) is 1. The Bertz CT molecular complexity index is 244. The lowest BCUT2D eigenvalue weighted by Gasteiger charge is -2.08. The predicted molar refractivity (Wildman–Crippen MR) is 52.2 cm³/mol. The molecule has 2 N–H and O–H groups in total. The lowest BCUT2D eigenvalue weighted by molar-refractivity contribution is 0.513. The zero-order valence-electron chi connectivity index (χ0n) is 8.40. The molecule has 0 aromatic carbocycles. The van der Waals surface area contributed by atoms with Crippen molar-refractivity contribution >= 4 is 0 Å². The second-order valence-corrected chi connectivity index (χ2v) is 3.49. The summed E-state index contributed by atoms with van der Waals surface area (Å²) in [6.07, 6.45) is 3.90. The third-order valence-electron chi connectivity index (χ3n) is 2.09. The van der Waals surface area contributed by atoms with Crippen LogP contribution in [-0.2, 0) is 13.0 Å². The quantitative estimate of drug-likeness (QED) is 0.733. The molecule has 1 unspecified atom stereocenters. The summed E-state index contributed by atoms with van der Waals surface area (Å²) in [5, 5.41) is 7.92. The van der Waals surface area contributed by atoms with Gasteiger partial charge in [-0.3, -0.25) is 0 Å². The number of aromatic nitrogens is 3. The third-order valence-corrected chi connectivity index (χ3v) is 2.09. The Labute approximate surface area is 79.1 Å². The van der Waals surface area contributed by atoms with E-state index in [1.165, 1.54) is 5.69 Å². The van der Waals surface area contributed by atoms with E-state index in [1.807, 2.05) is 10.9 Å². The van der Waals surface area contributed by atoms with Gasteiger partial charge in [-0.1, -0.05) is 19.1 Å². The van der Waals surface area contributed by atoms with E-state index in [9.17, 15) is 0 Å². The van der Waals surface area contributed by atoms with Gasteiger partial charge in [-0.25, -0.2) is 4.68 Å². The van der Waals surface area contributed by atoms with Crippen molar-refractivity contribution in [3.05, 3.63) is 11.9 Å². The lowest BCUT2D eigenvalue weighted by Crippen LogP contribution is -2.15. The van der Waals surface area contributed by atoms with E-state index in [0.717, 1.165) is 25.9 Å². The lowest BCUT2D eigenvalue weighted by atomic mass is 10.1. The number of nitrogens with zero attached hydrogens (tertiary/aromatic N) is 3. The highest BCUT2D eigenvalue weighted by atomic mass is 15.4. The summed E-state index contributed by atoms with van der Waals surface area (Å²) < 4.78 is 1.96. The molecule has 13 heavy (non-hydrogen) atoms. The maximum atomic E-state index is 5.56. The summed E-state index contributed by atoms with van der Waals surface area (Å²) in [5.74, 6) is 0.508. The molecule has 0 radical (unpaired) electrons. The first-order valence-electron chi connectivity index (χ1n) is 4.85. The summed E-state index contributed by atoms with van der Waals surface area (Å²) in [5.41, 5.74) is 6.76. The molecule has 1 aromatic rings. The van der Waals surface area contributed by atoms with Crippen LogP contribution in [0.4, 0.5) is 0 Å². The second kappa shape index (κ2) is 4.97. The van der Waals surface area contributed by atoms with E-state index in [-0.39, 0.29) is 0 Å². The minimum Gasteiger partial charge on any atom is -0.330 e. The Kier molecular flexibility index (Phi) is 3.89. The fourth-order valence-electron chi connectivity index (χ4n) is 1.28. The highest BCUT2D eigenvalue weighted by Gasteiger charge is 2.06. The van der Waals surface area contributed by atoms with E-state index in [2.05, 4.69) is 24.2 Å². The van der Waals surface area contributed by atoms with Crippen LogP contribution in [0.1, 0.15) is 26.0 Å². The molecule has 1 rings (SSSR count). The van der Waals surface area contributed by atoms with Gasteiger partial charge in [-0.05, 0) is 25.3 Å². The van der Waals surface area contributed by atoms with Gasteiger partial charge in [0, 0.05) is 6.54 Å². The van der Waals surface area contributed by atoms with Crippen LogP contribution in [0.25, 0.3) is 0 Å². The normalized spacial score (nSPS) is 13.2. The molecule has 0 saturated carbocycles. The SMILES string of the molecule is CCCn1nncc1CC(C)CN. The topological polar surface area (TPSA) is 56.7 Å². The summed E-state index contributed by atoms with van der Waals surface area (Å²) in [4.78, 5) is 0. The molecule has 0 aliphatic rings. The van der Waals surface area contributed by atoms with Crippen molar-refractivity contribution in [1.29, 1.82) is 0 Å². The van der Waals surface area contributed by atoms with Crippen molar-refractivity contribution in [3.8, 4) is 0 Å². The minimum absolute atomic E-state index is 0.508. The van der Waals surface area contributed by atoms with Crippen LogP contribution in [0.5, 0.6) is 0 Å². The van der Waals surface area contributed by atoms with Crippen molar-refractivity contribution in [2.24, 2.45) is 11.7 Å². The molecular formula is C9H18N4. The summed E-state index contributed by atoms with van der Waals surface area (Å²) in [6.45, 7) is 5.95. The number of aryl methyl sites for hydroxylation is 1. The molecule has 1 aromatic heterocycles. The average molecular weight is 182 g/mol. The molecule has 4 nitrogen and oxygen atoms in total. The van der Waals surface area contributed by atoms with Crippen molar-refractivity contribution < 1.29 is 0 Å². The van der Waals surface area contributed by atoms with Gasteiger partial charge < -0.3 is 5.73 Å². The van der Waals surface area contributed by atoms with Gasteiger partial charge in [0.25, 0.3) is 0 Å². The molecule has 4 heteroatoms. The molecule has 1 atom stereocenters. The van der Waals surface area contributed by atoms with Gasteiger partial charge in [0.1, 0.15) is 0 Å². The van der Waals surface area contributed by atoms with Crippen LogP contribution in [0, 0.1) is 5.92 Å². The van der Waals surface area contributed by atoms with Gasteiger partial charge in [-0.2, -0.15) is 0 Å². The van der Waals surface area contributed by atoms with E-state index >= 15 is 0 Å². The predicted octanol–water partition coefficient (Wildman–Crippen LogP) is 0.825. The van der Waals surface area contributed by atoms with Crippen LogP contribution < -0.4 is 5.73 Å². The van der Waals surface area contributed by atoms with Gasteiger partial charge in [0.2, 0.25) is 0 Å². The largest absolute Gasteiger partial charge is 0.330 e. The Balaban J connectivity index is 2.59. The van der Waals surface area contributed by atoms with Crippen molar-refractivity contribution in [3.63, 3.8) is 0 Å². The second-order valence-electron chi connectivity index (χ2n) is 3.49. The van der Waals surface area contributed by atoms with Crippen molar-refractivity contribution in [2.75, 3.05) is 6.54 Å². The fourth-order valence-corrected chi connectivity index (χ4v) is 1.28. The summed E-state index contributed by atoms with van der Waals surface area (Å²) in [6, 6.07) is 0. The number of rotatable bonds is 5. The van der Waals surface area contributed by atoms with Crippen LogP contribution in [0.15, 0.2) is 6.20 Å². The highest BCUT2D eigenvalue weighted by Crippen LogP contribution is 2.05. The molecular weight excluding hydrogens is 164 g/mol. The van der Waals surface area contributed by atoms with Crippen LogP contribution in [0.2, 0.25) is 0 Å². The van der Waals surface area contributed by atoms with Gasteiger partial charge in [-0.15, -0.1) is 5.10 Å². The van der Waals surface area contributed by atoms with Gasteiger partial charge in [0.15, 0.2) is 0 Å². The average Bonchev–Trinajstić information content (AvgIpc) is 2.54. The fraction of sp³-hybridized carbons (Fsp3) is 0.778. The first-order chi connectivity index (χ1) is 6.27. The van der Waals surface area contributed by atoms with E-state index < -0.39 is 0 Å². The van der Waals surface area contributed by atoms with Crippen LogP contribution in [0.3, 0.4) is 0 Å². The third kappa shape index (κ3) is 2.81. The Morgan fingerprint density at radius 3 is 3.00 bits per heavy atom. The molecule has 0 aliphatic carbocycles. The first kappa shape index (κ1) is 10.2. The maximum absolute atomic E-state index is 5.56. The van der Waals surface area contributed by atoms with Gasteiger partial charge in [0.05, 0.1) is 11.9 Å². The van der Waals surface area contributed by atoms with Gasteiger partial charge >= 0.3 is 0 Å². The zero-order chi connectivity index (χ0) is 9.68. The summed E-state index contributed by atoms with van der Waals surface area (Å²) >= 11 is 0. The molecule has 0 amide bonds. The zero-order valence-corrected chi connectivity index (χ0v) is 8.40. The maximum Gasteiger partial charge on any atom is 0.0725 e. The summed E-state index contributed by atoms with van der Waals surface area (Å²) in [7, 11) is 0. The van der Waals surface area contributed by atoms with E-state index in [0.29, 0.717) is 5.92 Å². The highest BCUT2D eigenvalue weighted by molar-refractivity contribution is 4.95. The van der Waals surface area contributed by atoms with E-state index in [1.54, 1.807) is 0 Å². The first-order valence-corrected chi connectivity index (χ1v) is 4.85. The Morgan fingerprint density at radius 2 is 2.38 bits per heavy atom. The molecule has 0 aliphatic heterocycles. The molecule has 0 saturated heterocycles. The smallest absolute Gasteiger partial charge is 0.0725 e. The Morgan fingerprint density at radius 1 is 1.62 bits per heavy atom. The van der Waals surface area contributed by atoms with Crippen LogP contribution in [-0.4, -0.2) is 21.5 Å². The monoisotopic (exact) mass is 182 g/mol. The van der Waals surface area contributed by atoms with Crippen LogP contribution >= 0.6 is 0 Å². The molecule has 0 bridgehead atoms. The number of nitrogens with two attached hydrogens (primary N) is 1. The molecule has 0 spiro atoms. The van der Waals surface area contributed by atoms with E-state index in [4.69, 9.17) is 5.73 Å². The molecule has 0 fully saturated rings. The van der Waals surface area contributed by atoms with Crippen molar-refractivity contribution in [1.82, 2.24) is 15.0 Å². The minimum atomic E-state index is 0.508.